The minimum atomic E-state index is -0.358. The Balaban J connectivity index is 1.39. The lowest BCUT2D eigenvalue weighted by Crippen LogP contribution is -2.29. The molecule has 0 bridgehead atoms. The first-order valence-electron chi connectivity index (χ1n) is 10.3. The highest BCUT2D eigenvalue weighted by atomic mass is 16.5. The number of aryl methyl sites for hydroxylation is 1. The van der Waals surface area contributed by atoms with Crippen LogP contribution in [-0.2, 0) is 32.6 Å². The number of fused-ring (bicyclic) bond motifs is 2. The van der Waals surface area contributed by atoms with Crippen LogP contribution in [0.15, 0.2) is 0 Å². The van der Waals surface area contributed by atoms with Crippen LogP contribution in [0.5, 0.6) is 0 Å². The fraction of sp³-hybridized carbons (Fsp3) is 0.850. The van der Waals surface area contributed by atoms with Crippen molar-refractivity contribution in [1.82, 2.24) is 20.3 Å². The van der Waals surface area contributed by atoms with E-state index in [1.807, 2.05) is 0 Å². The zero-order chi connectivity index (χ0) is 20.1. The molecule has 0 radical (unpaired) electrons. The summed E-state index contributed by atoms with van der Waals surface area (Å²) in [7, 11) is 1.63. The van der Waals surface area contributed by atoms with Crippen LogP contribution in [-0.4, -0.2) is 61.2 Å². The molecule has 1 amide bonds. The monoisotopic (exact) mass is 394 g/mol. The van der Waals surface area contributed by atoms with Crippen LogP contribution in [0.4, 0.5) is 4.79 Å². The number of aromatic nitrogens is 3. The summed E-state index contributed by atoms with van der Waals surface area (Å²) < 4.78 is 17.7. The normalized spacial score (nSPS) is 23.9. The molecule has 158 valence electrons. The molecule has 8 nitrogen and oxygen atoms in total. The molecule has 0 aliphatic heterocycles. The smallest absolute Gasteiger partial charge is 0.407 e. The van der Waals surface area contributed by atoms with Crippen LogP contribution < -0.4 is 5.32 Å². The van der Waals surface area contributed by atoms with E-state index in [2.05, 4.69) is 41.1 Å². The zero-order valence-corrected chi connectivity index (χ0v) is 17.6. The Hall–Kier alpha value is -1.67. The van der Waals surface area contributed by atoms with E-state index in [4.69, 9.17) is 14.2 Å². The molecule has 2 aliphatic carbocycles. The third-order valence-electron chi connectivity index (χ3n) is 5.77. The fourth-order valence-corrected chi connectivity index (χ4v) is 4.24. The van der Waals surface area contributed by atoms with Gasteiger partial charge in [-0.2, -0.15) is 0 Å². The highest BCUT2D eigenvalue weighted by molar-refractivity contribution is 5.67. The molecule has 2 aliphatic rings. The van der Waals surface area contributed by atoms with E-state index < -0.39 is 0 Å². The van der Waals surface area contributed by atoms with Crippen molar-refractivity contribution in [2.45, 2.75) is 52.0 Å². The van der Waals surface area contributed by atoms with Crippen LogP contribution in [0.3, 0.4) is 0 Å². The number of carbonyl (C=O) groups is 1. The Kier molecular flexibility index (Phi) is 6.93. The molecule has 1 saturated carbocycles. The van der Waals surface area contributed by atoms with E-state index in [1.165, 1.54) is 5.69 Å². The molecule has 1 N–H and O–H groups in total. The second-order valence-corrected chi connectivity index (χ2v) is 8.76. The van der Waals surface area contributed by atoms with Crippen molar-refractivity contribution in [3.05, 3.63) is 11.4 Å². The van der Waals surface area contributed by atoms with Crippen molar-refractivity contribution >= 4 is 6.09 Å². The SMILES string of the molecule is COCCOCCNC(=O)OCC1C2CCc3nnn(C(C)(C)C)c3CCC21. The first-order chi connectivity index (χ1) is 13.4. The van der Waals surface area contributed by atoms with Crippen molar-refractivity contribution in [3.63, 3.8) is 0 Å². The van der Waals surface area contributed by atoms with Crippen molar-refractivity contribution in [3.8, 4) is 0 Å². The molecule has 28 heavy (non-hydrogen) atoms. The Labute approximate surface area is 167 Å². The minimum absolute atomic E-state index is 0.0450. The molecule has 0 saturated heterocycles. The van der Waals surface area contributed by atoms with Gasteiger partial charge in [-0.15, -0.1) is 5.10 Å². The predicted molar refractivity (Wildman–Crippen MR) is 104 cm³/mol. The Morgan fingerprint density at radius 1 is 1.18 bits per heavy atom. The number of nitrogens with one attached hydrogen (secondary N) is 1. The maximum Gasteiger partial charge on any atom is 0.407 e. The lowest BCUT2D eigenvalue weighted by molar-refractivity contribution is 0.0703. The lowest BCUT2D eigenvalue weighted by Gasteiger charge is -2.22. The zero-order valence-electron chi connectivity index (χ0n) is 17.6. The second-order valence-electron chi connectivity index (χ2n) is 8.76. The quantitative estimate of drug-likeness (QED) is 0.680. The van der Waals surface area contributed by atoms with Gasteiger partial charge in [-0.05, 0) is 64.2 Å². The number of rotatable bonds is 8. The summed E-state index contributed by atoms with van der Waals surface area (Å²) in [5, 5.41) is 11.6. The van der Waals surface area contributed by atoms with Gasteiger partial charge in [0.1, 0.15) is 0 Å². The molecule has 0 spiro atoms. The third-order valence-corrected chi connectivity index (χ3v) is 5.77. The minimum Gasteiger partial charge on any atom is -0.449 e. The van der Waals surface area contributed by atoms with Gasteiger partial charge in [-0.3, -0.25) is 0 Å². The molecule has 3 unspecified atom stereocenters. The van der Waals surface area contributed by atoms with Gasteiger partial charge >= 0.3 is 6.09 Å². The summed E-state index contributed by atoms with van der Waals surface area (Å²) in [6.07, 6.45) is 3.83. The molecular formula is C20H34N4O4. The van der Waals surface area contributed by atoms with E-state index in [9.17, 15) is 4.79 Å². The maximum absolute atomic E-state index is 11.9. The van der Waals surface area contributed by atoms with Crippen molar-refractivity contribution in [2.24, 2.45) is 17.8 Å². The number of ether oxygens (including phenoxy) is 3. The van der Waals surface area contributed by atoms with Gasteiger partial charge in [0, 0.05) is 13.7 Å². The summed E-state index contributed by atoms with van der Waals surface area (Å²) in [5.74, 6) is 1.75. The summed E-state index contributed by atoms with van der Waals surface area (Å²) >= 11 is 0. The van der Waals surface area contributed by atoms with Gasteiger partial charge in [-0.1, -0.05) is 5.21 Å². The van der Waals surface area contributed by atoms with Crippen molar-refractivity contribution < 1.29 is 19.0 Å². The van der Waals surface area contributed by atoms with Crippen molar-refractivity contribution in [2.75, 3.05) is 40.1 Å². The number of hydrogen-bond acceptors (Lipinski definition) is 6. The third kappa shape index (κ3) is 5.23. The number of nitrogens with zero attached hydrogens (tertiary/aromatic N) is 3. The van der Waals surface area contributed by atoms with Gasteiger partial charge in [0.15, 0.2) is 0 Å². The standard InChI is InChI=1S/C20H34N4O4/c1-20(2,3)24-18-8-6-15-14(5-7-17(18)22-23-24)16(15)13-28-19(25)21-9-10-27-12-11-26-4/h14-16H,5-13H2,1-4H3,(H,21,25). The van der Waals surface area contributed by atoms with E-state index in [1.54, 1.807) is 7.11 Å². The number of carbonyl (C=O) groups excluding carboxylic acids is 1. The molecule has 1 fully saturated rings. The largest absolute Gasteiger partial charge is 0.449 e. The lowest BCUT2D eigenvalue weighted by atomic mass is 10.00. The molecule has 0 aromatic carbocycles. The topological polar surface area (TPSA) is 87.5 Å². The van der Waals surface area contributed by atoms with Gasteiger partial charge in [-0.25, -0.2) is 9.48 Å². The Bertz CT molecular complexity index is 655. The maximum atomic E-state index is 11.9. The van der Waals surface area contributed by atoms with Crippen LogP contribution in [0.25, 0.3) is 0 Å². The number of alkyl carbamates (subject to hydrolysis) is 1. The van der Waals surface area contributed by atoms with Crippen molar-refractivity contribution in [1.29, 1.82) is 0 Å². The van der Waals surface area contributed by atoms with Crippen LogP contribution >= 0.6 is 0 Å². The molecular weight excluding hydrogens is 360 g/mol. The summed E-state index contributed by atoms with van der Waals surface area (Å²) in [6.45, 7) is 9.00. The van der Waals surface area contributed by atoms with Crippen LogP contribution in [0, 0.1) is 17.8 Å². The number of hydrogen-bond donors (Lipinski definition) is 1. The second kappa shape index (κ2) is 9.22. The van der Waals surface area contributed by atoms with Gasteiger partial charge < -0.3 is 19.5 Å². The number of amides is 1. The van der Waals surface area contributed by atoms with Gasteiger partial charge in [0.05, 0.1) is 43.4 Å². The highest BCUT2D eigenvalue weighted by Crippen LogP contribution is 2.53. The van der Waals surface area contributed by atoms with Crippen LogP contribution in [0.1, 0.15) is 45.0 Å². The Morgan fingerprint density at radius 2 is 1.93 bits per heavy atom. The first kappa shape index (κ1) is 21.0. The fourth-order valence-electron chi connectivity index (χ4n) is 4.24. The van der Waals surface area contributed by atoms with E-state index in [0.29, 0.717) is 50.7 Å². The molecule has 3 rings (SSSR count). The highest BCUT2D eigenvalue weighted by Gasteiger charge is 2.50. The summed E-state index contributed by atoms with van der Waals surface area (Å²) in [4.78, 5) is 11.9. The number of methoxy groups -OCH3 is 1. The van der Waals surface area contributed by atoms with Gasteiger partial charge in [0.25, 0.3) is 0 Å². The summed E-state index contributed by atoms with van der Waals surface area (Å²) in [6, 6.07) is 0. The van der Waals surface area contributed by atoms with E-state index >= 15 is 0 Å². The predicted octanol–water partition coefficient (Wildman–Crippen LogP) is 2.16. The molecule has 1 heterocycles. The average molecular weight is 395 g/mol. The summed E-state index contributed by atoms with van der Waals surface area (Å²) in [5.41, 5.74) is 2.38. The Morgan fingerprint density at radius 3 is 2.64 bits per heavy atom. The molecule has 8 heteroatoms. The molecule has 1 aromatic heterocycles. The van der Waals surface area contributed by atoms with E-state index in [-0.39, 0.29) is 11.6 Å². The molecule has 3 atom stereocenters. The van der Waals surface area contributed by atoms with Crippen LogP contribution in [0.2, 0.25) is 0 Å². The first-order valence-corrected chi connectivity index (χ1v) is 10.3. The molecule has 1 aromatic rings. The van der Waals surface area contributed by atoms with Gasteiger partial charge in [0.2, 0.25) is 0 Å². The van der Waals surface area contributed by atoms with E-state index in [0.717, 1.165) is 31.4 Å². The average Bonchev–Trinajstić information content (AvgIpc) is 3.10.